The molecule has 0 amide bonds. The van der Waals surface area contributed by atoms with Crippen LogP contribution in [0.3, 0.4) is 0 Å². The molecular weight excluding hydrogens is 274 g/mol. The molecule has 0 radical (unpaired) electrons. The first-order chi connectivity index (χ1) is 9.16. The third-order valence-corrected chi connectivity index (χ3v) is 2.65. The summed E-state index contributed by atoms with van der Waals surface area (Å²) in [5.41, 5.74) is 0. The zero-order valence-corrected chi connectivity index (χ0v) is 10.7. The fraction of sp³-hybridized carbons (Fsp3) is 0.143. The molecule has 0 bridgehead atoms. The number of benzene rings is 2. The van der Waals surface area contributed by atoms with Gasteiger partial charge in [0, 0.05) is 6.07 Å². The maximum atomic E-state index is 12.9. The Balaban J connectivity index is 1.81. The summed E-state index contributed by atoms with van der Waals surface area (Å²) >= 11 is 5.90. The van der Waals surface area contributed by atoms with E-state index in [-0.39, 0.29) is 19.0 Å². The molecule has 19 heavy (non-hydrogen) atoms. The molecule has 2 nitrogen and oxygen atoms in total. The average Bonchev–Trinajstić information content (AvgIpc) is 2.40. The minimum atomic E-state index is -0.940. The zero-order chi connectivity index (χ0) is 13.7. The molecule has 2 rings (SSSR count). The van der Waals surface area contributed by atoms with Crippen LogP contribution in [0.25, 0.3) is 0 Å². The Labute approximate surface area is 114 Å². The maximum Gasteiger partial charge on any atom is 0.162 e. The zero-order valence-electron chi connectivity index (χ0n) is 9.91. The Morgan fingerprint density at radius 2 is 1.63 bits per heavy atom. The number of halogens is 3. The Bertz CT molecular complexity index is 561. The average molecular weight is 285 g/mol. The smallest absolute Gasteiger partial charge is 0.162 e. The molecule has 0 aliphatic carbocycles. The number of hydrogen-bond donors (Lipinski definition) is 0. The highest BCUT2D eigenvalue weighted by Crippen LogP contribution is 2.23. The van der Waals surface area contributed by atoms with E-state index >= 15 is 0 Å². The molecule has 0 spiro atoms. The summed E-state index contributed by atoms with van der Waals surface area (Å²) in [4.78, 5) is 0. The lowest BCUT2D eigenvalue weighted by Gasteiger charge is -2.09. The lowest BCUT2D eigenvalue weighted by atomic mass is 10.3. The number of ether oxygens (including phenoxy) is 2. The Hall–Kier alpha value is -1.81. The van der Waals surface area contributed by atoms with Crippen LogP contribution in [0.1, 0.15) is 0 Å². The van der Waals surface area contributed by atoms with Crippen LogP contribution < -0.4 is 9.47 Å². The van der Waals surface area contributed by atoms with Gasteiger partial charge in [-0.2, -0.15) is 0 Å². The van der Waals surface area contributed by atoms with Gasteiger partial charge >= 0.3 is 0 Å². The van der Waals surface area contributed by atoms with Crippen molar-refractivity contribution in [3.8, 4) is 11.5 Å². The second-order valence-electron chi connectivity index (χ2n) is 3.70. The molecule has 0 heterocycles. The van der Waals surface area contributed by atoms with Crippen molar-refractivity contribution in [3.63, 3.8) is 0 Å². The van der Waals surface area contributed by atoms with Crippen LogP contribution in [0.5, 0.6) is 11.5 Å². The number of para-hydroxylation sites is 1. The van der Waals surface area contributed by atoms with E-state index in [4.69, 9.17) is 21.1 Å². The second-order valence-corrected chi connectivity index (χ2v) is 4.11. The monoisotopic (exact) mass is 284 g/mol. The van der Waals surface area contributed by atoms with Crippen LogP contribution in [-0.4, -0.2) is 13.2 Å². The minimum Gasteiger partial charge on any atom is -0.490 e. The molecule has 2 aromatic carbocycles. The fourth-order valence-corrected chi connectivity index (χ4v) is 1.63. The lowest BCUT2D eigenvalue weighted by molar-refractivity contribution is 0.216. The minimum absolute atomic E-state index is 0.205. The third kappa shape index (κ3) is 3.83. The van der Waals surface area contributed by atoms with Gasteiger partial charge in [0.1, 0.15) is 24.7 Å². The molecule has 0 saturated carbocycles. The first-order valence-corrected chi connectivity index (χ1v) is 6.00. The summed E-state index contributed by atoms with van der Waals surface area (Å²) < 4.78 is 36.2. The van der Waals surface area contributed by atoms with Crippen molar-refractivity contribution in [2.45, 2.75) is 0 Å². The van der Waals surface area contributed by atoms with E-state index < -0.39 is 11.6 Å². The fourth-order valence-electron chi connectivity index (χ4n) is 1.44. The van der Waals surface area contributed by atoms with Crippen molar-refractivity contribution in [2.75, 3.05) is 13.2 Å². The second kappa shape index (κ2) is 6.38. The molecule has 100 valence electrons. The van der Waals surface area contributed by atoms with Crippen LogP contribution in [-0.2, 0) is 0 Å². The van der Waals surface area contributed by atoms with E-state index in [0.717, 1.165) is 12.1 Å². The lowest BCUT2D eigenvalue weighted by Crippen LogP contribution is -2.09. The van der Waals surface area contributed by atoms with Gasteiger partial charge in [0.15, 0.2) is 11.6 Å². The van der Waals surface area contributed by atoms with Crippen LogP contribution in [0.4, 0.5) is 8.78 Å². The van der Waals surface area contributed by atoms with Crippen LogP contribution in [0, 0.1) is 11.6 Å². The number of rotatable bonds is 5. The highest BCUT2D eigenvalue weighted by Gasteiger charge is 2.03. The molecule has 0 saturated heterocycles. The van der Waals surface area contributed by atoms with E-state index in [2.05, 4.69) is 0 Å². The van der Waals surface area contributed by atoms with Gasteiger partial charge in [0.2, 0.25) is 0 Å². The Morgan fingerprint density at radius 1 is 0.895 bits per heavy atom. The van der Waals surface area contributed by atoms with Crippen molar-refractivity contribution in [2.24, 2.45) is 0 Å². The van der Waals surface area contributed by atoms with E-state index in [1.165, 1.54) is 6.07 Å². The van der Waals surface area contributed by atoms with Crippen molar-refractivity contribution in [1.82, 2.24) is 0 Å². The maximum absolute atomic E-state index is 12.9. The van der Waals surface area contributed by atoms with Gasteiger partial charge in [0.25, 0.3) is 0 Å². The quantitative estimate of drug-likeness (QED) is 0.770. The molecule has 0 fully saturated rings. The predicted molar refractivity (Wildman–Crippen MR) is 68.8 cm³/mol. The Kier molecular flexibility index (Phi) is 4.58. The van der Waals surface area contributed by atoms with Crippen molar-refractivity contribution in [3.05, 3.63) is 59.1 Å². The first kappa shape index (κ1) is 13.6. The summed E-state index contributed by atoms with van der Waals surface area (Å²) in [6.07, 6.45) is 0. The Morgan fingerprint density at radius 3 is 2.37 bits per heavy atom. The van der Waals surface area contributed by atoms with Gasteiger partial charge in [-0.25, -0.2) is 8.78 Å². The van der Waals surface area contributed by atoms with Gasteiger partial charge in [0.05, 0.1) is 5.02 Å². The molecule has 0 aliphatic rings. The van der Waals surface area contributed by atoms with E-state index in [1.807, 2.05) is 0 Å². The number of hydrogen-bond acceptors (Lipinski definition) is 2. The van der Waals surface area contributed by atoms with E-state index in [1.54, 1.807) is 24.3 Å². The summed E-state index contributed by atoms with van der Waals surface area (Å²) in [5, 5.41) is 0.510. The summed E-state index contributed by atoms with van der Waals surface area (Å²) in [7, 11) is 0. The SMILES string of the molecule is Fc1ccc(OCCOc2ccccc2Cl)cc1F. The molecule has 0 aromatic heterocycles. The molecule has 0 aliphatic heterocycles. The van der Waals surface area contributed by atoms with Gasteiger partial charge in [-0.15, -0.1) is 0 Å². The van der Waals surface area contributed by atoms with Crippen LogP contribution >= 0.6 is 11.6 Å². The van der Waals surface area contributed by atoms with E-state index in [0.29, 0.717) is 10.8 Å². The highest BCUT2D eigenvalue weighted by molar-refractivity contribution is 6.32. The predicted octanol–water partition coefficient (Wildman–Crippen LogP) is 4.08. The summed E-state index contributed by atoms with van der Waals surface area (Å²) in [6.45, 7) is 0.457. The van der Waals surface area contributed by atoms with Crippen molar-refractivity contribution in [1.29, 1.82) is 0 Å². The highest BCUT2D eigenvalue weighted by atomic mass is 35.5. The molecular formula is C14H11ClF2O2. The van der Waals surface area contributed by atoms with Crippen molar-refractivity contribution >= 4 is 11.6 Å². The molecule has 0 N–H and O–H groups in total. The molecule has 0 unspecified atom stereocenters. The molecule has 5 heteroatoms. The summed E-state index contributed by atoms with van der Waals surface area (Å²) in [6, 6.07) is 10.4. The van der Waals surface area contributed by atoms with Gasteiger partial charge in [-0.1, -0.05) is 23.7 Å². The summed E-state index contributed by atoms with van der Waals surface area (Å²) in [5.74, 6) is -1.04. The standard InChI is InChI=1S/C14H11ClF2O2/c15-11-3-1-2-4-14(11)19-8-7-18-10-5-6-12(16)13(17)9-10/h1-6,9H,7-8H2. The van der Waals surface area contributed by atoms with Crippen LogP contribution in [0.2, 0.25) is 5.02 Å². The normalized spacial score (nSPS) is 10.3. The first-order valence-electron chi connectivity index (χ1n) is 5.62. The molecule has 0 atom stereocenters. The molecule has 2 aromatic rings. The topological polar surface area (TPSA) is 18.5 Å². The largest absolute Gasteiger partial charge is 0.490 e. The third-order valence-electron chi connectivity index (χ3n) is 2.34. The van der Waals surface area contributed by atoms with Crippen LogP contribution in [0.15, 0.2) is 42.5 Å². The van der Waals surface area contributed by atoms with Gasteiger partial charge in [-0.3, -0.25) is 0 Å². The van der Waals surface area contributed by atoms with Gasteiger partial charge in [-0.05, 0) is 24.3 Å². The van der Waals surface area contributed by atoms with Gasteiger partial charge < -0.3 is 9.47 Å². The van der Waals surface area contributed by atoms with Crippen molar-refractivity contribution < 1.29 is 18.3 Å². The van der Waals surface area contributed by atoms with E-state index in [9.17, 15) is 8.78 Å².